The molecule has 2 aromatic carbocycles. The summed E-state index contributed by atoms with van der Waals surface area (Å²) >= 11 is 6.45. The van der Waals surface area contributed by atoms with Gasteiger partial charge >= 0.3 is 0 Å². The van der Waals surface area contributed by atoms with Crippen molar-refractivity contribution in [1.29, 1.82) is 0 Å². The van der Waals surface area contributed by atoms with E-state index >= 15 is 0 Å². The first-order valence-electron chi connectivity index (χ1n) is 10.0. The number of imidazole rings is 1. The van der Waals surface area contributed by atoms with Gasteiger partial charge in [0, 0.05) is 23.6 Å². The Morgan fingerprint density at radius 3 is 2.59 bits per heavy atom. The van der Waals surface area contributed by atoms with Crippen LogP contribution in [0.4, 0.5) is 8.78 Å². The monoisotopic (exact) mass is 457 g/mol. The Morgan fingerprint density at radius 2 is 1.88 bits per heavy atom. The number of hydrogen-bond acceptors (Lipinski definition) is 5. The number of aliphatic hydroxyl groups excluding tert-OH is 1. The van der Waals surface area contributed by atoms with Crippen molar-refractivity contribution < 1.29 is 23.4 Å². The predicted octanol–water partition coefficient (Wildman–Crippen LogP) is 4.75. The van der Waals surface area contributed by atoms with Crippen molar-refractivity contribution in [1.82, 2.24) is 15.0 Å². The number of nitrogens with one attached hydrogen (secondary N) is 1. The van der Waals surface area contributed by atoms with Gasteiger partial charge in [0.25, 0.3) is 6.01 Å². The molecule has 3 heterocycles. The van der Waals surface area contributed by atoms with Crippen LogP contribution in [0.5, 0.6) is 6.01 Å². The molecule has 0 bridgehead atoms. The van der Waals surface area contributed by atoms with Crippen LogP contribution in [-0.4, -0.2) is 45.5 Å². The molecule has 32 heavy (non-hydrogen) atoms. The second-order valence-corrected chi connectivity index (χ2v) is 7.95. The molecule has 0 spiro atoms. The van der Waals surface area contributed by atoms with Gasteiger partial charge in [-0.25, -0.2) is 13.8 Å². The number of rotatable bonds is 5. The van der Waals surface area contributed by atoms with Crippen molar-refractivity contribution in [2.75, 3.05) is 13.2 Å². The number of nitrogens with zero attached hydrogens (tertiary/aromatic N) is 2. The topological polar surface area (TPSA) is 80.3 Å². The summed E-state index contributed by atoms with van der Waals surface area (Å²) in [6.07, 6.45) is 0.144. The number of halogens is 3. The molecule has 164 valence electrons. The zero-order valence-electron chi connectivity index (χ0n) is 16.7. The molecule has 9 heteroatoms. The van der Waals surface area contributed by atoms with Crippen molar-refractivity contribution in [3.63, 3.8) is 0 Å². The first-order valence-corrected chi connectivity index (χ1v) is 10.4. The van der Waals surface area contributed by atoms with Gasteiger partial charge in [0.15, 0.2) is 5.65 Å². The lowest BCUT2D eigenvalue weighted by Crippen LogP contribution is -2.17. The standard InChI is InChI=1S/C23H18ClF2N3O3/c24-18-9-20-22(29-23(27-20)32-16-8-15(10-30)31-11-16)28-21(18)13-3-1-12(2-4-13)17-6-5-14(25)7-19(17)26/h1-7,9,15-16,30H,8,10-11H2,(H,27,28,29)/t15-,16-/m0/s1. The fourth-order valence-electron chi connectivity index (χ4n) is 3.73. The molecular formula is C23H18ClF2N3O3. The quantitative estimate of drug-likeness (QED) is 0.452. The molecule has 6 nitrogen and oxygen atoms in total. The second kappa shape index (κ2) is 8.46. The Bertz CT molecular complexity index is 1280. The molecule has 0 amide bonds. The van der Waals surface area contributed by atoms with Crippen molar-refractivity contribution >= 4 is 22.8 Å². The number of ether oxygens (including phenoxy) is 2. The van der Waals surface area contributed by atoms with Crippen molar-refractivity contribution in [2.24, 2.45) is 0 Å². The Kier molecular flexibility index (Phi) is 5.50. The maximum atomic E-state index is 14.1. The molecule has 1 fully saturated rings. The fourth-order valence-corrected chi connectivity index (χ4v) is 3.99. The summed E-state index contributed by atoms with van der Waals surface area (Å²) in [5, 5.41) is 9.59. The van der Waals surface area contributed by atoms with E-state index in [1.54, 1.807) is 30.3 Å². The van der Waals surface area contributed by atoms with Crippen LogP contribution in [0.15, 0.2) is 48.5 Å². The van der Waals surface area contributed by atoms with E-state index in [0.29, 0.717) is 52.0 Å². The number of benzene rings is 2. The minimum Gasteiger partial charge on any atom is -0.459 e. The Labute approximate surface area is 186 Å². The van der Waals surface area contributed by atoms with Crippen molar-refractivity contribution in [3.8, 4) is 28.4 Å². The van der Waals surface area contributed by atoms with Crippen LogP contribution in [0.3, 0.4) is 0 Å². The molecular weight excluding hydrogens is 440 g/mol. The normalized spacial score (nSPS) is 18.4. The number of aromatic nitrogens is 3. The zero-order chi connectivity index (χ0) is 22.2. The van der Waals surface area contributed by atoms with Gasteiger partial charge in [-0.05, 0) is 23.8 Å². The van der Waals surface area contributed by atoms with E-state index in [0.717, 1.165) is 11.6 Å². The Morgan fingerprint density at radius 1 is 1.09 bits per heavy atom. The molecule has 2 aromatic heterocycles. The van der Waals surface area contributed by atoms with Crippen LogP contribution in [0, 0.1) is 11.6 Å². The van der Waals surface area contributed by atoms with Crippen LogP contribution in [-0.2, 0) is 4.74 Å². The van der Waals surface area contributed by atoms with E-state index in [4.69, 9.17) is 21.1 Å². The summed E-state index contributed by atoms with van der Waals surface area (Å²) in [6.45, 7) is 0.329. The lowest BCUT2D eigenvalue weighted by atomic mass is 10.0. The third kappa shape index (κ3) is 4.04. The lowest BCUT2D eigenvalue weighted by Gasteiger charge is -2.07. The molecule has 0 aliphatic carbocycles. The van der Waals surface area contributed by atoms with Gasteiger partial charge in [-0.15, -0.1) is 0 Å². The average molecular weight is 458 g/mol. The minimum atomic E-state index is -0.627. The summed E-state index contributed by atoms with van der Waals surface area (Å²) in [6, 6.07) is 12.5. The van der Waals surface area contributed by atoms with Crippen LogP contribution in [0.2, 0.25) is 5.02 Å². The Hall–Kier alpha value is -3.07. The first-order chi connectivity index (χ1) is 15.5. The predicted molar refractivity (Wildman–Crippen MR) is 116 cm³/mol. The number of pyridine rings is 1. The molecule has 1 saturated heterocycles. The lowest BCUT2D eigenvalue weighted by molar-refractivity contribution is 0.0528. The summed E-state index contributed by atoms with van der Waals surface area (Å²) in [7, 11) is 0. The van der Waals surface area contributed by atoms with Crippen LogP contribution in [0.1, 0.15) is 6.42 Å². The number of H-pyrrole nitrogens is 1. The number of hydrogen-bond donors (Lipinski definition) is 2. The van der Waals surface area contributed by atoms with Gasteiger partial charge < -0.3 is 19.6 Å². The molecule has 1 aliphatic heterocycles. The van der Waals surface area contributed by atoms with Gasteiger partial charge in [0.05, 0.1) is 35.6 Å². The summed E-state index contributed by atoms with van der Waals surface area (Å²) in [5.74, 6) is -1.25. The maximum Gasteiger partial charge on any atom is 0.296 e. The van der Waals surface area contributed by atoms with E-state index in [2.05, 4.69) is 15.0 Å². The van der Waals surface area contributed by atoms with Crippen LogP contribution < -0.4 is 4.74 Å². The highest BCUT2D eigenvalue weighted by atomic mass is 35.5. The fraction of sp³-hybridized carbons (Fsp3) is 0.217. The van der Waals surface area contributed by atoms with E-state index in [9.17, 15) is 13.9 Å². The van der Waals surface area contributed by atoms with E-state index in [1.165, 1.54) is 12.1 Å². The molecule has 1 aliphatic rings. The van der Waals surface area contributed by atoms with Gasteiger partial charge in [0.1, 0.15) is 17.7 Å². The molecule has 0 unspecified atom stereocenters. The highest BCUT2D eigenvalue weighted by Gasteiger charge is 2.27. The molecule has 5 rings (SSSR count). The number of aromatic amines is 1. The molecule has 2 N–H and O–H groups in total. The van der Waals surface area contributed by atoms with Gasteiger partial charge in [-0.1, -0.05) is 35.9 Å². The molecule has 0 radical (unpaired) electrons. The zero-order valence-corrected chi connectivity index (χ0v) is 17.4. The first kappa shape index (κ1) is 20.8. The van der Waals surface area contributed by atoms with Crippen molar-refractivity contribution in [2.45, 2.75) is 18.6 Å². The minimum absolute atomic E-state index is 0.0485. The summed E-state index contributed by atoms with van der Waals surface area (Å²) in [5.41, 5.74) is 3.22. The maximum absolute atomic E-state index is 14.1. The van der Waals surface area contributed by atoms with Gasteiger partial charge in [0.2, 0.25) is 0 Å². The van der Waals surface area contributed by atoms with E-state index in [1.807, 2.05) is 0 Å². The third-order valence-corrected chi connectivity index (χ3v) is 5.62. The highest BCUT2D eigenvalue weighted by Crippen LogP contribution is 2.32. The van der Waals surface area contributed by atoms with Crippen LogP contribution >= 0.6 is 11.6 Å². The summed E-state index contributed by atoms with van der Waals surface area (Å²) < 4.78 is 38.5. The smallest absolute Gasteiger partial charge is 0.296 e. The van der Waals surface area contributed by atoms with Gasteiger partial charge in [-0.2, -0.15) is 4.98 Å². The summed E-state index contributed by atoms with van der Waals surface area (Å²) in [4.78, 5) is 12.0. The third-order valence-electron chi connectivity index (χ3n) is 5.33. The SMILES string of the molecule is OC[C@@H]1C[C@H](Oc2nc3nc(-c4ccc(-c5ccc(F)cc5F)cc4)c(Cl)cc3[nH]2)CO1. The second-order valence-electron chi connectivity index (χ2n) is 7.55. The van der Waals surface area contributed by atoms with Crippen LogP contribution in [0.25, 0.3) is 33.5 Å². The van der Waals surface area contributed by atoms with Crippen molar-refractivity contribution in [3.05, 3.63) is 65.2 Å². The molecule has 0 saturated carbocycles. The number of fused-ring (bicyclic) bond motifs is 1. The van der Waals surface area contributed by atoms with E-state index < -0.39 is 11.6 Å². The highest BCUT2D eigenvalue weighted by molar-refractivity contribution is 6.33. The Balaban J connectivity index is 1.40. The molecule has 2 atom stereocenters. The van der Waals surface area contributed by atoms with Gasteiger partial charge in [-0.3, -0.25) is 0 Å². The largest absolute Gasteiger partial charge is 0.459 e. The average Bonchev–Trinajstić information content (AvgIpc) is 3.39. The number of aliphatic hydroxyl groups is 1. The molecule has 4 aromatic rings. The van der Waals surface area contributed by atoms with E-state index in [-0.39, 0.29) is 18.8 Å².